The average Bonchev–Trinajstić information content (AvgIpc) is 2.86. The first-order chi connectivity index (χ1) is 7.76. The number of hydrogen-bond donors (Lipinski definition) is 0. The van der Waals surface area contributed by atoms with Gasteiger partial charge in [-0.2, -0.15) is 0 Å². The van der Waals surface area contributed by atoms with Gasteiger partial charge in [-0.15, -0.1) is 0 Å². The summed E-state index contributed by atoms with van der Waals surface area (Å²) in [5.74, 6) is 0.823. The van der Waals surface area contributed by atoms with Gasteiger partial charge in [-0.25, -0.2) is 0 Å². The standard InChI is InChI=1S/C14H17BrO/c1-2-16-13-10-7-8-14(13,9-10)11-3-5-12(15)6-4-11/h3-6,10,13H,2,7-9H2,1H3. The minimum atomic E-state index is 0.349. The SMILES string of the molecule is CCOC1C2CCC1(c1ccc(Br)cc1)C2. The Morgan fingerprint density at radius 2 is 2.12 bits per heavy atom. The Kier molecular flexibility index (Phi) is 2.60. The zero-order chi connectivity index (χ0) is 11.2. The lowest BCUT2D eigenvalue weighted by Gasteiger charge is -2.47. The lowest BCUT2D eigenvalue weighted by atomic mass is 9.63. The van der Waals surface area contributed by atoms with Crippen molar-refractivity contribution in [2.75, 3.05) is 6.61 Å². The normalized spacial score (nSPS) is 36.1. The molecule has 2 heteroatoms. The first-order valence-electron chi connectivity index (χ1n) is 6.14. The van der Waals surface area contributed by atoms with Crippen molar-refractivity contribution in [2.45, 2.75) is 37.7 Å². The molecule has 0 amide bonds. The summed E-state index contributed by atoms with van der Waals surface area (Å²) in [4.78, 5) is 0. The van der Waals surface area contributed by atoms with E-state index in [0.717, 1.165) is 17.0 Å². The second-order valence-electron chi connectivity index (χ2n) is 5.04. The molecule has 1 aromatic carbocycles. The van der Waals surface area contributed by atoms with Crippen molar-refractivity contribution in [3.05, 3.63) is 34.3 Å². The van der Waals surface area contributed by atoms with Gasteiger partial charge in [0.25, 0.3) is 0 Å². The molecule has 0 aliphatic heterocycles. The molecule has 0 N–H and O–H groups in total. The zero-order valence-corrected chi connectivity index (χ0v) is 11.2. The maximum atomic E-state index is 5.94. The van der Waals surface area contributed by atoms with Crippen LogP contribution in [0.25, 0.3) is 0 Å². The summed E-state index contributed by atoms with van der Waals surface area (Å²) >= 11 is 3.50. The summed E-state index contributed by atoms with van der Waals surface area (Å²) in [5.41, 5.74) is 1.82. The van der Waals surface area contributed by atoms with Crippen molar-refractivity contribution in [1.29, 1.82) is 0 Å². The molecule has 0 saturated heterocycles. The first-order valence-corrected chi connectivity index (χ1v) is 6.93. The molecule has 1 aromatic rings. The average molecular weight is 281 g/mol. The van der Waals surface area contributed by atoms with E-state index in [9.17, 15) is 0 Å². The molecule has 0 heterocycles. The maximum absolute atomic E-state index is 5.94. The van der Waals surface area contributed by atoms with Crippen LogP contribution in [0.2, 0.25) is 0 Å². The summed E-state index contributed by atoms with van der Waals surface area (Å²) < 4.78 is 7.10. The van der Waals surface area contributed by atoms with Crippen LogP contribution in [-0.2, 0) is 10.2 Å². The van der Waals surface area contributed by atoms with Crippen molar-refractivity contribution < 1.29 is 4.74 Å². The summed E-state index contributed by atoms with van der Waals surface area (Å²) in [6.45, 7) is 2.95. The van der Waals surface area contributed by atoms with Crippen LogP contribution >= 0.6 is 15.9 Å². The van der Waals surface area contributed by atoms with Gasteiger partial charge in [0.2, 0.25) is 0 Å². The van der Waals surface area contributed by atoms with Crippen molar-refractivity contribution in [3.8, 4) is 0 Å². The summed E-state index contributed by atoms with van der Waals surface area (Å²) in [6.07, 6.45) is 4.47. The number of fused-ring (bicyclic) bond motifs is 1. The fourth-order valence-electron chi connectivity index (χ4n) is 3.61. The van der Waals surface area contributed by atoms with Crippen LogP contribution < -0.4 is 0 Å². The van der Waals surface area contributed by atoms with Crippen LogP contribution in [0.1, 0.15) is 31.7 Å². The lowest BCUT2D eigenvalue weighted by Crippen LogP contribution is -2.50. The summed E-state index contributed by atoms with van der Waals surface area (Å²) in [7, 11) is 0. The molecule has 0 spiro atoms. The molecule has 2 bridgehead atoms. The number of ether oxygens (including phenoxy) is 1. The van der Waals surface area contributed by atoms with Crippen molar-refractivity contribution in [1.82, 2.24) is 0 Å². The van der Waals surface area contributed by atoms with Crippen LogP contribution in [0.3, 0.4) is 0 Å². The minimum Gasteiger partial charge on any atom is -0.377 e. The molecule has 0 aromatic heterocycles. The maximum Gasteiger partial charge on any atom is 0.0700 e. The third kappa shape index (κ3) is 1.39. The second kappa shape index (κ2) is 3.85. The van der Waals surface area contributed by atoms with E-state index in [1.165, 1.54) is 24.8 Å². The molecule has 0 radical (unpaired) electrons. The fraction of sp³-hybridized carbons (Fsp3) is 0.571. The Hall–Kier alpha value is -0.340. The van der Waals surface area contributed by atoms with Crippen LogP contribution in [0, 0.1) is 5.92 Å². The molecule has 3 unspecified atom stereocenters. The van der Waals surface area contributed by atoms with E-state index in [1.807, 2.05) is 0 Å². The third-order valence-electron chi connectivity index (χ3n) is 4.33. The smallest absolute Gasteiger partial charge is 0.0700 e. The Morgan fingerprint density at radius 3 is 2.75 bits per heavy atom. The summed E-state index contributed by atoms with van der Waals surface area (Å²) in [6, 6.07) is 8.83. The molecule has 1 nitrogen and oxygen atoms in total. The van der Waals surface area contributed by atoms with E-state index in [4.69, 9.17) is 4.74 Å². The monoisotopic (exact) mass is 280 g/mol. The van der Waals surface area contributed by atoms with E-state index in [1.54, 1.807) is 0 Å². The van der Waals surface area contributed by atoms with Gasteiger partial charge in [0, 0.05) is 16.5 Å². The van der Waals surface area contributed by atoms with Crippen molar-refractivity contribution in [3.63, 3.8) is 0 Å². The molecule has 16 heavy (non-hydrogen) atoms. The lowest BCUT2D eigenvalue weighted by molar-refractivity contribution is -0.0728. The Labute approximate surface area is 105 Å². The van der Waals surface area contributed by atoms with E-state index in [2.05, 4.69) is 47.1 Å². The molecule has 86 valence electrons. The van der Waals surface area contributed by atoms with Crippen LogP contribution in [0.15, 0.2) is 28.7 Å². The van der Waals surface area contributed by atoms with Crippen molar-refractivity contribution >= 4 is 15.9 Å². The first kappa shape index (κ1) is 10.8. The number of hydrogen-bond acceptors (Lipinski definition) is 1. The minimum absolute atomic E-state index is 0.349. The summed E-state index contributed by atoms with van der Waals surface area (Å²) in [5, 5.41) is 0. The third-order valence-corrected chi connectivity index (χ3v) is 4.85. The highest BCUT2D eigenvalue weighted by Crippen LogP contribution is 2.61. The van der Waals surface area contributed by atoms with Gasteiger partial charge in [-0.05, 0) is 49.8 Å². The Bertz CT molecular complexity index is 382. The predicted octanol–water partition coefficient (Wildman–Crippen LogP) is 3.91. The Morgan fingerprint density at radius 1 is 1.38 bits per heavy atom. The van der Waals surface area contributed by atoms with Gasteiger partial charge in [-0.3, -0.25) is 0 Å². The molecule has 3 saturated carbocycles. The molecule has 3 aliphatic carbocycles. The zero-order valence-electron chi connectivity index (χ0n) is 9.58. The topological polar surface area (TPSA) is 9.23 Å². The highest BCUT2D eigenvalue weighted by molar-refractivity contribution is 9.10. The van der Waals surface area contributed by atoms with Crippen molar-refractivity contribution in [2.24, 2.45) is 5.92 Å². The Balaban J connectivity index is 1.90. The van der Waals surface area contributed by atoms with Crippen LogP contribution in [0.5, 0.6) is 0 Å². The van der Waals surface area contributed by atoms with Gasteiger partial charge >= 0.3 is 0 Å². The van der Waals surface area contributed by atoms with E-state index in [-0.39, 0.29) is 0 Å². The highest BCUT2D eigenvalue weighted by atomic mass is 79.9. The van der Waals surface area contributed by atoms with Gasteiger partial charge < -0.3 is 4.74 Å². The molecular formula is C14H17BrO. The largest absolute Gasteiger partial charge is 0.377 e. The molecular weight excluding hydrogens is 264 g/mol. The second-order valence-corrected chi connectivity index (χ2v) is 5.96. The van der Waals surface area contributed by atoms with E-state index in [0.29, 0.717) is 11.5 Å². The van der Waals surface area contributed by atoms with E-state index >= 15 is 0 Å². The van der Waals surface area contributed by atoms with Crippen LogP contribution in [-0.4, -0.2) is 12.7 Å². The number of rotatable bonds is 3. The molecule has 3 aliphatic rings. The molecule has 3 atom stereocenters. The number of halogens is 1. The van der Waals surface area contributed by atoms with Gasteiger partial charge in [0.05, 0.1) is 6.10 Å². The number of benzene rings is 1. The van der Waals surface area contributed by atoms with E-state index < -0.39 is 0 Å². The molecule has 4 rings (SSSR count). The molecule has 3 fully saturated rings. The highest BCUT2D eigenvalue weighted by Gasteiger charge is 2.60. The van der Waals surface area contributed by atoms with Gasteiger partial charge in [0.1, 0.15) is 0 Å². The predicted molar refractivity (Wildman–Crippen MR) is 68.6 cm³/mol. The fourth-order valence-corrected chi connectivity index (χ4v) is 3.87. The quantitative estimate of drug-likeness (QED) is 0.816. The van der Waals surface area contributed by atoms with Gasteiger partial charge in [0.15, 0.2) is 0 Å². The van der Waals surface area contributed by atoms with Crippen LogP contribution in [0.4, 0.5) is 0 Å². The van der Waals surface area contributed by atoms with Gasteiger partial charge in [-0.1, -0.05) is 28.1 Å².